The molecule has 2 fully saturated rings. The van der Waals surface area contributed by atoms with Gasteiger partial charge in [0, 0.05) is 38.1 Å². The minimum Gasteiger partial charge on any atom is -0.356 e. The summed E-state index contributed by atoms with van der Waals surface area (Å²) in [5.74, 6) is 0.292. The smallest absolute Gasteiger partial charge is 0.226 e. The minimum absolute atomic E-state index is 0.0229. The van der Waals surface area contributed by atoms with Crippen LogP contribution in [0.15, 0.2) is 0 Å². The Bertz CT molecular complexity index is 257. The standard InChI is InChI=1S/C13H25N3O/c1-2-13(4-5-13)12(17)15-6-3-9-16-10-7-14-8-11-16/h14H,2-11H2,1H3,(H,15,17). The molecule has 98 valence electrons. The normalized spacial score (nSPS) is 23.4. The van der Waals surface area contributed by atoms with Gasteiger partial charge in [0.25, 0.3) is 0 Å². The first-order chi connectivity index (χ1) is 8.27. The lowest BCUT2D eigenvalue weighted by Gasteiger charge is -2.27. The average Bonchev–Trinajstić information content (AvgIpc) is 3.17. The second-order valence-corrected chi connectivity index (χ2v) is 5.33. The van der Waals surface area contributed by atoms with Gasteiger partial charge >= 0.3 is 0 Å². The van der Waals surface area contributed by atoms with E-state index in [1.807, 2.05) is 0 Å². The highest BCUT2D eigenvalue weighted by atomic mass is 16.2. The first kappa shape index (κ1) is 12.8. The summed E-state index contributed by atoms with van der Waals surface area (Å²) in [4.78, 5) is 14.3. The summed E-state index contributed by atoms with van der Waals surface area (Å²) in [5, 5.41) is 6.44. The Kier molecular flexibility index (Phi) is 4.40. The number of hydrogen-bond acceptors (Lipinski definition) is 3. The van der Waals surface area contributed by atoms with E-state index in [0.29, 0.717) is 5.91 Å². The number of piperazine rings is 1. The van der Waals surface area contributed by atoms with Crippen molar-refractivity contribution in [1.29, 1.82) is 0 Å². The van der Waals surface area contributed by atoms with Gasteiger partial charge in [-0.25, -0.2) is 0 Å². The molecule has 4 nitrogen and oxygen atoms in total. The van der Waals surface area contributed by atoms with E-state index in [1.54, 1.807) is 0 Å². The van der Waals surface area contributed by atoms with Gasteiger partial charge in [0.15, 0.2) is 0 Å². The third kappa shape index (κ3) is 3.42. The van der Waals surface area contributed by atoms with E-state index >= 15 is 0 Å². The van der Waals surface area contributed by atoms with Crippen LogP contribution < -0.4 is 10.6 Å². The number of amides is 1. The molecular formula is C13H25N3O. The monoisotopic (exact) mass is 239 g/mol. The number of carbonyl (C=O) groups is 1. The Labute approximate surface area is 104 Å². The van der Waals surface area contributed by atoms with Crippen LogP contribution in [0.25, 0.3) is 0 Å². The fourth-order valence-electron chi connectivity index (χ4n) is 2.52. The fraction of sp³-hybridized carbons (Fsp3) is 0.923. The number of nitrogens with one attached hydrogen (secondary N) is 2. The van der Waals surface area contributed by atoms with Crippen LogP contribution in [-0.2, 0) is 4.79 Å². The minimum atomic E-state index is 0.0229. The molecule has 1 heterocycles. The zero-order valence-corrected chi connectivity index (χ0v) is 10.9. The summed E-state index contributed by atoms with van der Waals surface area (Å²) in [7, 11) is 0. The first-order valence-electron chi connectivity index (χ1n) is 6.98. The molecule has 1 aliphatic carbocycles. The molecule has 0 spiro atoms. The molecule has 2 N–H and O–H groups in total. The third-order valence-corrected chi connectivity index (χ3v) is 4.16. The Morgan fingerprint density at radius 2 is 2.06 bits per heavy atom. The van der Waals surface area contributed by atoms with E-state index < -0.39 is 0 Å². The molecule has 1 amide bonds. The van der Waals surface area contributed by atoms with Crippen LogP contribution in [0, 0.1) is 5.41 Å². The molecule has 0 aromatic rings. The van der Waals surface area contributed by atoms with Crippen LogP contribution in [-0.4, -0.2) is 50.1 Å². The zero-order chi connectivity index (χ0) is 12.1. The van der Waals surface area contributed by atoms with Crippen molar-refractivity contribution in [1.82, 2.24) is 15.5 Å². The molecule has 0 unspecified atom stereocenters. The summed E-state index contributed by atoms with van der Waals surface area (Å²) in [6.45, 7) is 8.56. The Balaban J connectivity index is 1.55. The maximum Gasteiger partial charge on any atom is 0.226 e. The SMILES string of the molecule is CCC1(C(=O)NCCCN2CCNCC2)CC1. The topological polar surface area (TPSA) is 44.4 Å². The van der Waals surface area contributed by atoms with Gasteiger partial charge in [-0.3, -0.25) is 4.79 Å². The summed E-state index contributed by atoms with van der Waals surface area (Å²) < 4.78 is 0. The second-order valence-electron chi connectivity index (χ2n) is 5.33. The molecule has 1 saturated heterocycles. The molecular weight excluding hydrogens is 214 g/mol. The number of carbonyl (C=O) groups excluding carboxylic acids is 1. The molecule has 1 aliphatic heterocycles. The summed E-state index contributed by atoms with van der Waals surface area (Å²) in [5.41, 5.74) is 0.0229. The van der Waals surface area contributed by atoms with Crippen LogP contribution in [0.5, 0.6) is 0 Å². The largest absolute Gasteiger partial charge is 0.356 e. The van der Waals surface area contributed by atoms with Crippen molar-refractivity contribution < 1.29 is 4.79 Å². The van der Waals surface area contributed by atoms with Gasteiger partial charge in [0.2, 0.25) is 5.91 Å². The Morgan fingerprint density at radius 3 is 2.65 bits per heavy atom. The molecule has 0 radical (unpaired) electrons. The third-order valence-electron chi connectivity index (χ3n) is 4.16. The van der Waals surface area contributed by atoms with Crippen LogP contribution in [0.1, 0.15) is 32.6 Å². The predicted octanol–water partition coefficient (Wildman–Crippen LogP) is 0.588. The second kappa shape index (κ2) is 5.83. The lowest BCUT2D eigenvalue weighted by Crippen LogP contribution is -2.44. The van der Waals surface area contributed by atoms with Gasteiger partial charge < -0.3 is 15.5 Å². The molecule has 0 bridgehead atoms. The zero-order valence-electron chi connectivity index (χ0n) is 10.9. The van der Waals surface area contributed by atoms with Gasteiger partial charge in [-0.1, -0.05) is 6.92 Å². The predicted molar refractivity (Wildman–Crippen MR) is 68.9 cm³/mol. The summed E-state index contributed by atoms with van der Waals surface area (Å²) >= 11 is 0. The molecule has 0 atom stereocenters. The average molecular weight is 239 g/mol. The number of hydrogen-bond donors (Lipinski definition) is 2. The molecule has 1 saturated carbocycles. The lowest BCUT2D eigenvalue weighted by atomic mass is 10.0. The number of nitrogens with zero attached hydrogens (tertiary/aromatic N) is 1. The van der Waals surface area contributed by atoms with Crippen molar-refractivity contribution in [3.05, 3.63) is 0 Å². The van der Waals surface area contributed by atoms with Crippen molar-refractivity contribution in [3.63, 3.8) is 0 Å². The van der Waals surface area contributed by atoms with Crippen LogP contribution in [0.3, 0.4) is 0 Å². The molecule has 2 aliphatic rings. The van der Waals surface area contributed by atoms with Crippen molar-refractivity contribution >= 4 is 5.91 Å². The van der Waals surface area contributed by atoms with Gasteiger partial charge in [-0.05, 0) is 32.2 Å². The molecule has 0 aromatic carbocycles. The van der Waals surface area contributed by atoms with Crippen molar-refractivity contribution in [2.75, 3.05) is 39.3 Å². The maximum absolute atomic E-state index is 11.9. The molecule has 4 heteroatoms. The Hall–Kier alpha value is -0.610. The van der Waals surface area contributed by atoms with Crippen LogP contribution in [0.2, 0.25) is 0 Å². The van der Waals surface area contributed by atoms with Gasteiger partial charge in [0.1, 0.15) is 0 Å². The van der Waals surface area contributed by atoms with Crippen LogP contribution >= 0.6 is 0 Å². The van der Waals surface area contributed by atoms with E-state index in [2.05, 4.69) is 22.5 Å². The first-order valence-corrected chi connectivity index (χ1v) is 6.98. The highest BCUT2D eigenvalue weighted by molar-refractivity contribution is 5.85. The quantitative estimate of drug-likeness (QED) is 0.667. The van der Waals surface area contributed by atoms with Crippen molar-refractivity contribution in [2.45, 2.75) is 32.6 Å². The maximum atomic E-state index is 11.9. The fourth-order valence-corrected chi connectivity index (χ4v) is 2.52. The molecule has 0 aromatic heterocycles. The van der Waals surface area contributed by atoms with Crippen molar-refractivity contribution in [2.24, 2.45) is 5.41 Å². The van der Waals surface area contributed by atoms with E-state index in [0.717, 1.165) is 65.0 Å². The van der Waals surface area contributed by atoms with E-state index in [9.17, 15) is 4.79 Å². The lowest BCUT2D eigenvalue weighted by molar-refractivity contribution is -0.126. The van der Waals surface area contributed by atoms with Gasteiger partial charge in [0.05, 0.1) is 0 Å². The Morgan fingerprint density at radius 1 is 1.35 bits per heavy atom. The van der Waals surface area contributed by atoms with E-state index in [4.69, 9.17) is 0 Å². The van der Waals surface area contributed by atoms with Crippen molar-refractivity contribution in [3.8, 4) is 0 Å². The number of rotatable bonds is 6. The highest BCUT2D eigenvalue weighted by Gasteiger charge is 2.47. The van der Waals surface area contributed by atoms with E-state index in [-0.39, 0.29) is 5.41 Å². The summed E-state index contributed by atoms with van der Waals surface area (Å²) in [6, 6.07) is 0. The van der Waals surface area contributed by atoms with Gasteiger partial charge in [-0.2, -0.15) is 0 Å². The van der Waals surface area contributed by atoms with E-state index in [1.165, 1.54) is 0 Å². The molecule has 17 heavy (non-hydrogen) atoms. The molecule has 2 rings (SSSR count). The van der Waals surface area contributed by atoms with Gasteiger partial charge in [-0.15, -0.1) is 0 Å². The summed E-state index contributed by atoms with van der Waals surface area (Å²) in [6.07, 6.45) is 4.25. The van der Waals surface area contributed by atoms with Crippen LogP contribution in [0.4, 0.5) is 0 Å². The highest BCUT2D eigenvalue weighted by Crippen LogP contribution is 2.48.